The summed E-state index contributed by atoms with van der Waals surface area (Å²) >= 11 is 0. The Hall–Kier alpha value is -2.93. The lowest BCUT2D eigenvalue weighted by atomic mass is 9.94. The minimum atomic E-state index is -0.643. The van der Waals surface area contributed by atoms with Crippen LogP contribution in [0, 0.1) is 5.92 Å². The van der Waals surface area contributed by atoms with E-state index in [2.05, 4.69) is 18.1 Å². The average Bonchev–Trinajstić information content (AvgIpc) is 3.03. The Morgan fingerprint density at radius 1 is 1.22 bits per heavy atom. The second kappa shape index (κ2) is 9.69. The molecule has 1 fully saturated rings. The topological polar surface area (TPSA) is 70.2 Å². The van der Waals surface area contributed by atoms with Crippen LogP contribution in [0.25, 0.3) is 0 Å². The number of methoxy groups -OCH3 is 1. The number of amides is 3. The molecule has 2 aliphatic heterocycles. The van der Waals surface area contributed by atoms with Crippen molar-refractivity contribution in [2.45, 2.75) is 32.3 Å². The molecule has 7 heteroatoms. The summed E-state index contributed by atoms with van der Waals surface area (Å²) in [6.45, 7) is 13.5. The average molecular weight is 440 g/mol. The Morgan fingerprint density at radius 3 is 2.53 bits per heavy atom. The van der Waals surface area contributed by atoms with E-state index in [9.17, 15) is 14.4 Å². The number of nitrogens with zero attached hydrogens (tertiary/aromatic N) is 3. The molecule has 1 atom stereocenters. The third-order valence-corrected chi connectivity index (χ3v) is 6.19. The number of ether oxygens (including phenoxy) is 1. The van der Waals surface area contributed by atoms with Gasteiger partial charge in [-0.25, -0.2) is 0 Å². The van der Waals surface area contributed by atoms with E-state index in [0.717, 1.165) is 25.1 Å². The number of fused-ring (bicyclic) bond motifs is 1. The van der Waals surface area contributed by atoms with Gasteiger partial charge in [-0.15, -0.1) is 13.2 Å². The van der Waals surface area contributed by atoms with E-state index in [1.54, 1.807) is 36.3 Å². The number of hydrogen-bond acceptors (Lipinski definition) is 5. The zero-order chi connectivity index (χ0) is 23.5. The van der Waals surface area contributed by atoms with E-state index < -0.39 is 5.60 Å². The molecular weight excluding hydrogens is 406 g/mol. The molecule has 0 N–H and O–H groups in total. The Labute approximate surface area is 190 Å². The summed E-state index contributed by atoms with van der Waals surface area (Å²) in [6, 6.07) is 5.37. The summed E-state index contributed by atoms with van der Waals surface area (Å²) in [6.07, 6.45) is 5.05. The zero-order valence-corrected chi connectivity index (χ0v) is 19.3. The van der Waals surface area contributed by atoms with Crippen LogP contribution in [0.4, 0.5) is 5.69 Å². The molecule has 2 aliphatic rings. The van der Waals surface area contributed by atoms with Gasteiger partial charge in [0.15, 0.2) is 0 Å². The van der Waals surface area contributed by atoms with Crippen LogP contribution in [-0.2, 0) is 9.53 Å². The first-order chi connectivity index (χ1) is 15.2. The normalized spacial score (nSPS) is 18.5. The molecule has 7 nitrogen and oxygen atoms in total. The second-order valence-corrected chi connectivity index (χ2v) is 8.97. The van der Waals surface area contributed by atoms with Gasteiger partial charge in [0.1, 0.15) is 0 Å². The second-order valence-electron chi connectivity index (χ2n) is 8.97. The Bertz CT molecular complexity index is 914. The van der Waals surface area contributed by atoms with Crippen LogP contribution < -0.4 is 4.90 Å². The van der Waals surface area contributed by atoms with Gasteiger partial charge in [-0.2, -0.15) is 0 Å². The van der Waals surface area contributed by atoms with Gasteiger partial charge in [-0.1, -0.05) is 18.2 Å². The molecule has 1 aromatic carbocycles. The van der Waals surface area contributed by atoms with E-state index in [1.165, 1.54) is 4.90 Å². The highest BCUT2D eigenvalue weighted by molar-refractivity contribution is 6.23. The van der Waals surface area contributed by atoms with Crippen LogP contribution in [0.15, 0.2) is 43.5 Å². The number of imide groups is 1. The third kappa shape index (κ3) is 4.63. The van der Waals surface area contributed by atoms with Gasteiger partial charge >= 0.3 is 0 Å². The largest absolute Gasteiger partial charge is 0.377 e. The summed E-state index contributed by atoms with van der Waals surface area (Å²) in [5.74, 6) is -0.730. The molecule has 3 amide bonds. The van der Waals surface area contributed by atoms with Crippen LogP contribution >= 0.6 is 0 Å². The maximum absolute atomic E-state index is 13.3. The summed E-state index contributed by atoms with van der Waals surface area (Å²) in [5.41, 5.74) is 0.907. The van der Waals surface area contributed by atoms with Gasteiger partial charge < -0.3 is 14.5 Å². The van der Waals surface area contributed by atoms with Crippen molar-refractivity contribution in [3.05, 3.63) is 54.6 Å². The first kappa shape index (κ1) is 23.7. The van der Waals surface area contributed by atoms with Crippen LogP contribution in [0.2, 0.25) is 0 Å². The number of carbonyl (C=O) groups is 3. The van der Waals surface area contributed by atoms with Gasteiger partial charge in [-0.3, -0.25) is 19.3 Å². The molecular formula is C25H33N3O4. The van der Waals surface area contributed by atoms with Crippen LogP contribution in [0.1, 0.15) is 47.4 Å². The molecule has 1 aromatic rings. The van der Waals surface area contributed by atoms with E-state index in [0.29, 0.717) is 30.8 Å². The van der Waals surface area contributed by atoms with Crippen LogP contribution in [0.5, 0.6) is 0 Å². The first-order valence-corrected chi connectivity index (χ1v) is 11.0. The van der Waals surface area contributed by atoms with E-state index in [4.69, 9.17) is 4.74 Å². The number of rotatable bonds is 9. The quantitative estimate of drug-likeness (QED) is 0.437. The maximum atomic E-state index is 13.3. The number of carbonyl (C=O) groups excluding carboxylic acids is 3. The number of anilines is 1. The predicted octanol–water partition coefficient (Wildman–Crippen LogP) is 3.12. The highest BCUT2D eigenvalue weighted by Crippen LogP contribution is 2.35. The molecule has 1 saturated heterocycles. The van der Waals surface area contributed by atoms with Crippen molar-refractivity contribution in [1.82, 2.24) is 9.80 Å². The molecule has 0 unspecified atom stereocenters. The van der Waals surface area contributed by atoms with Gasteiger partial charge in [0.25, 0.3) is 11.8 Å². The molecule has 32 heavy (non-hydrogen) atoms. The summed E-state index contributed by atoms with van der Waals surface area (Å²) in [7, 11) is 1.57. The maximum Gasteiger partial charge on any atom is 0.263 e. The lowest BCUT2D eigenvalue weighted by Gasteiger charge is -2.36. The van der Waals surface area contributed by atoms with Gasteiger partial charge in [-0.05, 0) is 38.8 Å². The molecule has 0 radical (unpaired) electrons. The minimum absolute atomic E-state index is 0.0629. The van der Waals surface area contributed by atoms with Crippen molar-refractivity contribution >= 4 is 23.4 Å². The van der Waals surface area contributed by atoms with E-state index in [-0.39, 0.29) is 30.2 Å². The number of hydrogen-bond donors (Lipinski definition) is 0. The van der Waals surface area contributed by atoms with E-state index in [1.807, 2.05) is 19.9 Å². The monoisotopic (exact) mass is 439 g/mol. The molecule has 0 saturated carbocycles. The minimum Gasteiger partial charge on any atom is -0.377 e. The fraction of sp³-hybridized carbons (Fsp3) is 0.480. The van der Waals surface area contributed by atoms with Crippen molar-refractivity contribution in [2.75, 3.05) is 44.7 Å². The van der Waals surface area contributed by atoms with Crippen molar-refractivity contribution in [3.8, 4) is 0 Å². The van der Waals surface area contributed by atoms with Gasteiger partial charge in [0.05, 0.1) is 34.9 Å². The van der Waals surface area contributed by atoms with Crippen molar-refractivity contribution in [3.63, 3.8) is 0 Å². The van der Waals surface area contributed by atoms with Crippen molar-refractivity contribution < 1.29 is 19.1 Å². The fourth-order valence-corrected chi connectivity index (χ4v) is 4.39. The highest BCUT2D eigenvalue weighted by atomic mass is 16.5. The molecule has 0 aromatic heterocycles. The van der Waals surface area contributed by atoms with E-state index >= 15 is 0 Å². The third-order valence-electron chi connectivity index (χ3n) is 6.19. The molecule has 0 bridgehead atoms. The smallest absolute Gasteiger partial charge is 0.263 e. The number of benzene rings is 1. The number of piperidine rings is 1. The van der Waals surface area contributed by atoms with Gasteiger partial charge in [0.2, 0.25) is 5.91 Å². The Kier molecular flexibility index (Phi) is 7.19. The molecule has 3 rings (SSSR count). The summed E-state index contributed by atoms with van der Waals surface area (Å²) < 4.78 is 5.43. The van der Waals surface area contributed by atoms with Gasteiger partial charge in [0, 0.05) is 33.3 Å². The Balaban J connectivity index is 1.86. The zero-order valence-electron chi connectivity index (χ0n) is 19.3. The highest BCUT2D eigenvalue weighted by Gasteiger charge is 2.41. The first-order valence-electron chi connectivity index (χ1n) is 11.0. The Morgan fingerprint density at radius 2 is 1.91 bits per heavy atom. The predicted molar refractivity (Wildman–Crippen MR) is 125 cm³/mol. The standard InChI is InChI=1S/C25H33N3O4/c1-6-13-26(14-7-2)22(29)18-10-9-15-27(16-18)20-12-8-11-19-21(20)24(31)28(23(19)30)17-25(3,4)32-5/h6-8,11-12,18H,1-2,9-10,13-17H2,3-5H3/t18-/m0/s1. The summed E-state index contributed by atoms with van der Waals surface area (Å²) in [4.78, 5) is 44.5. The molecule has 0 aliphatic carbocycles. The molecule has 172 valence electrons. The lowest BCUT2D eigenvalue weighted by Crippen LogP contribution is -2.45. The van der Waals surface area contributed by atoms with Crippen LogP contribution in [-0.4, -0.2) is 73.0 Å². The van der Waals surface area contributed by atoms with Crippen molar-refractivity contribution in [1.29, 1.82) is 0 Å². The lowest BCUT2D eigenvalue weighted by molar-refractivity contribution is -0.134. The fourth-order valence-electron chi connectivity index (χ4n) is 4.39. The van der Waals surface area contributed by atoms with Crippen LogP contribution in [0.3, 0.4) is 0 Å². The molecule has 2 heterocycles. The summed E-state index contributed by atoms with van der Waals surface area (Å²) in [5, 5.41) is 0. The van der Waals surface area contributed by atoms with Crippen molar-refractivity contribution in [2.24, 2.45) is 5.92 Å². The SMILES string of the molecule is C=CCN(CC=C)C(=O)[C@H]1CCCN(c2cccc3c2C(=O)N(CC(C)(C)OC)C3=O)C1. The molecule has 0 spiro atoms.